The van der Waals surface area contributed by atoms with Gasteiger partial charge in [0.2, 0.25) is 0 Å². The molecule has 0 radical (unpaired) electrons. The number of aromatic amines is 1. The summed E-state index contributed by atoms with van der Waals surface area (Å²) >= 11 is 0. The van der Waals surface area contributed by atoms with Crippen LogP contribution in [0.2, 0.25) is 0 Å². The molecule has 1 aromatic heterocycles. The van der Waals surface area contributed by atoms with Crippen molar-refractivity contribution in [1.82, 2.24) is 15.1 Å². The number of ether oxygens (including phenoxy) is 1. The molecule has 1 aliphatic rings. The molecule has 0 saturated heterocycles. The highest BCUT2D eigenvalue weighted by Crippen LogP contribution is 2.33. The van der Waals surface area contributed by atoms with Gasteiger partial charge in [0.1, 0.15) is 11.3 Å². The number of nitrogens with one attached hydrogen (secondary N) is 1. The van der Waals surface area contributed by atoms with Gasteiger partial charge in [0, 0.05) is 24.2 Å². The van der Waals surface area contributed by atoms with Crippen LogP contribution in [-0.4, -0.2) is 45.7 Å². The second-order valence-electron chi connectivity index (χ2n) is 6.69. The Balaban J connectivity index is 1.73. The minimum Gasteiger partial charge on any atom is -0.497 e. The number of amides is 1. The van der Waals surface area contributed by atoms with Crippen LogP contribution in [0.3, 0.4) is 0 Å². The van der Waals surface area contributed by atoms with E-state index in [1.54, 1.807) is 30.2 Å². The molecule has 27 heavy (non-hydrogen) atoms. The first kappa shape index (κ1) is 17.1. The van der Waals surface area contributed by atoms with Crippen LogP contribution in [-0.2, 0) is 11.3 Å². The summed E-state index contributed by atoms with van der Waals surface area (Å²) < 4.78 is 5.22. The van der Waals surface area contributed by atoms with E-state index in [0.717, 1.165) is 16.6 Å². The molecular formula is C20H19N3O4. The van der Waals surface area contributed by atoms with Crippen LogP contribution in [0.15, 0.2) is 36.4 Å². The van der Waals surface area contributed by atoms with Gasteiger partial charge in [0.25, 0.3) is 5.91 Å². The lowest BCUT2D eigenvalue weighted by Crippen LogP contribution is -2.40. The monoisotopic (exact) mass is 365 g/mol. The fourth-order valence-electron chi connectivity index (χ4n) is 3.63. The first-order valence-corrected chi connectivity index (χ1v) is 8.62. The number of H-pyrrole nitrogens is 1. The standard InChI is InChI=1S/C20H19N3O4/c1-11-14-4-3-5-15(18(14)22-21-11)19(24)23-9-12-6-7-13(27-2)8-16(12)17(10-23)20(25)26/h3-8,17H,9-10H2,1-2H3,(H,21,22)(H,25,26). The van der Waals surface area contributed by atoms with Crippen molar-refractivity contribution in [3.05, 3.63) is 58.8 Å². The molecule has 0 aliphatic carbocycles. The van der Waals surface area contributed by atoms with E-state index in [9.17, 15) is 14.7 Å². The van der Waals surface area contributed by atoms with E-state index in [1.165, 1.54) is 0 Å². The topological polar surface area (TPSA) is 95.5 Å². The van der Waals surface area contributed by atoms with Crippen LogP contribution < -0.4 is 4.74 Å². The summed E-state index contributed by atoms with van der Waals surface area (Å²) in [7, 11) is 1.54. The molecule has 4 rings (SSSR count). The van der Waals surface area contributed by atoms with E-state index in [0.29, 0.717) is 28.9 Å². The molecule has 0 spiro atoms. The predicted molar refractivity (Wildman–Crippen MR) is 98.9 cm³/mol. The summed E-state index contributed by atoms with van der Waals surface area (Å²) in [5, 5.41) is 17.7. The molecule has 1 amide bonds. The molecule has 2 heterocycles. The van der Waals surface area contributed by atoms with Crippen LogP contribution >= 0.6 is 0 Å². The van der Waals surface area contributed by atoms with E-state index >= 15 is 0 Å². The Kier molecular flexibility index (Phi) is 4.07. The van der Waals surface area contributed by atoms with E-state index in [-0.39, 0.29) is 12.5 Å². The summed E-state index contributed by atoms with van der Waals surface area (Å²) in [5.41, 5.74) is 3.47. The summed E-state index contributed by atoms with van der Waals surface area (Å²) in [5.74, 6) is -1.37. The lowest BCUT2D eigenvalue weighted by Gasteiger charge is -2.33. The maximum absolute atomic E-state index is 13.2. The highest BCUT2D eigenvalue weighted by Gasteiger charge is 2.34. The van der Waals surface area contributed by atoms with Gasteiger partial charge >= 0.3 is 5.97 Å². The van der Waals surface area contributed by atoms with Crippen molar-refractivity contribution in [1.29, 1.82) is 0 Å². The third-order valence-electron chi connectivity index (χ3n) is 5.08. The predicted octanol–water partition coefficient (Wildman–Crippen LogP) is 2.70. The molecule has 0 bridgehead atoms. The number of aryl methyl sites for hydroxylation is 1. The molecule has 2 aromatic carbocycles. The summed E-state index contributed by atoms with van der Waals surface area (Å²) in [6, 6.07) is 10.8. The van der Waals surface area contributed by atoms with Crippen LogP contribution in [0.4, 0.5) is 0 Å². The van der Waals surface area contributed by atoms with Crippen molar-refractivity contribution < 1.29 is 19.4 Å². The van der Waals surface area contributed by atoms with Crippen LogP contribution in [0.1, 0.15) is 33.1 Å². The molecule has 1 unspecified atom stereocenters. The summed E-state index contributed by atoms with van der Waals surface area (Å²) in [4.78, 5) is 26.6. The van der Waals surface area contributed by atoms with Gasteiger partial charge in [0.05, 0.1) is 18.6 Å². The Morgan fingerprint density at radius 1 is 1.30 bits per heavy atom. The Morgan fingerprint density at radius 3 is 2.85 bits per heavy atom. The minimum absolute atomic E-state index is 0.105. The van der Waals surface area contributed by atoms with E-state index in [1.807, 2.05) is 25.1 Å². The van der Waals surface area contributed by atoms with Gasteiger partial charge in [-0.15, -0.1) is 0 Å². The Morgan fingerprint density at radius 2 is 2.11 bits per heavy atom. The van der Waals surface area contributed by atoms with Gasteiger partial charge in [0.15, 0.2) is 0 Å². The van der Waals surface area contributed by atoms with Crippen molar-refractivity contribution in [3.8, 4) is 5.75 Å². The van der Waals surface area contributed by atoms with Crippen molar-refractivity contribution in [2.75, 3.05) is 13.7 Å². The molecular weight excluding hydrogens is 346 g/mol. The number of para-hydroxylation sites is 1. The number of aromatic nitrogens is 2. The molecule has 1 aliphatic heterocycles. The number of hydrogen-bond donors (Lipinski definition) is 2. The van der Waals surface area contributed by atoms with E-state index in [4.69, 9.17) is 4.74 Å². The van der Waals surface area contributed by atoms with Crippen LogP contribution in [0.25, 0.3) is 10.9 Å². The molecule has 7 nitrogen and oxygen atoms in total. The maximum Gasteiger partial charge on any atom is 0.312 e. The molecule has 138 valence electrons. The van der Waals surface area contributed by atoms with E-state index < -0.39 is 11.9 Å². The van der Waals surface area contributed by atoms with Crippen LogP contribution in [0, 0.1) is 6.92 Å². The SMILES string of the molecule is COc1ccc2c(c1)C(C(=O)O)CN(C(=O)c1cccc3c(C)[nH]nc13)C2. The minimum atomic E-state index is -0.962. The first-order valence-electron chi connectivity index (χ1n) is 8.62. The van der Waals surface area contributed by atoms with E-state index in [2.05, 4.69) is 10.2 Å². The van der Waals surface area contributed by atoms with Gasteiger partial charge < -0.3 is 14.7 Å². The van der Waals surface area contributed by atoms with Gasteiger partial charge in [-0.1, -0.05) is 18.2 Å². The number of methoxy groups -OCH3 is 1. The fraction of sp³-hybridized carbons (Fsp3) is 0.250. The number of carbonyl (C=O) groups excluding carboxylic acids is 1. The van der Waals surface area contributed by atoms with Gasteiger partial charge in [-0.05, 0) is 36.2 Å². The summed E-state index contributed by atoms with van der Waals surface area (Å²) in [6.45, 7) is 2.35. The second kappa shape index (κ2) is 6.42. The lowest BCUT2D eigenvalue weighted by molar-refractivity contribution is -0.139. The van der Waals surface area contributed by atoms with Crippen molar-refractivity contribution in [3.63, 3.8) is 0 Å². The molecule has 7 heteroatoms. The molecule has 2 N–H and O–H groups in total. The smallest absolute Gasteiger partial charge is 0.312 e. The molecule has 0 fully saturated rings. The highest BCUT2D eigenvalue weighted by molar-refractivity contribution is 6.06. The normalized spacial score (nSPS) is 16.2. The van der Waals surface area contributed by atoms with Crippen molar-refractivity contribution >= 4 is 22.8 Å². The number of nitrogens with zero attached hydrogens (tertiary/aromatic N) is 2. The number of carboxylic acids is 1. The van der Waals surface area contributed by atoms with Gasteiger partial charge in [-0.25, -0.2) is 0 Å². The number of aliphatic carboxylic acids is 1. The second-order valence-corrected chi connectivity index (χ2v) is 6.69. The average Bonchev–Trinajstić information content (AvgIpc) is 3.07. The Hall–Kier alpha value is -3.35. The van der Waals surface area contributed by atoms with Crippen LogP contribution in [0.5, 0.6) is 5.75 Å². The maximum atomic E-state index is 13.2. The Bertz CT molecular complexity index is 1060. The molecule has 1 atom stereocenters. The zero-order valence-electron chi connectivity index (χ0n) is 15.0. The average molecular weight is 365 g/mol. The molecule has 3 aromatic rings. The molecule has 0 saturated carbocycles. The van der Waals surface area contributed by atoms with Crippen molar-refractivity contribution in [2.45, 2.75) is 19.4 Å². The van der Waals surface area contributed by atoms with Gasteiger partial charge in [-0.3, -0.25) is 14.7 Å². The number of rotatable bonds is 3. The highest BCUT2D eigenvalue weighted by atomic mass is 16.5. The first-order chi connectivity index (χ1) is 13.0. The van der Waals surface area contributed by atoms with Crippen molar-refractivity contribution in [2.24, 2.45) is 0 Å². The fourth-order valence-corrected chi connectivity index (χ4v) is 3.63. The zero-order chi connectivity index (χ0) is 19.1. The number of carboxylic acid groups (broad SMARTS) is 1. The number of benzene rings is 2. The Labute approximate surface area is 155 Å². The number of carbonyl (C=O) groups is 2. The number of fused-ring (bicyclic) bond motifs is 2. The summed E-state index contributed by atoms with van der Waals surface area (Å²) in [6.07, 6.45) is 0. The largest absolute Gasteiger partial charge is 0.497 e. The van der Waals surface area contributed by atoms with Gasteiger partial charge in [-0.2, -0.15) is 5.10 Å². The third-order valence-corrected chi connectivity index (χ3v) is 5.08. The zero-order valence-corrected chi connectivity index (χ0v) is 15.0. The third kappa shape index (κ3) is 2.81. The lowest BCUT2D eigenvalue weighted by atomic mass is 9.89. The number of hydrogen-bond acceptors (Lipinski definition) is 4. The quantitative estimate of drug-likeness (QED) is 0.744.